The van der Waals surface area contributed by atoms with Crippen molar-refractivity contribution in [1.29, 1.82) is 0 Å². The second-order valence-corrected chi connectivity index (χ2v) is 11.7. The van der Waals surface area contributed by atoms with Crippen molar-refractivity contribution in [1.82, 2.24) is 24.5 Å². The summed E-state index contributed by atoms with van der Waals surface area (Å²) in [6.45, 7) is 3.70. The number of aromatic nitrogens is 2. The molecular weight excluding hydrogens is 482 g/mol. The molecule has 0 saturated heterocycles. The van der Waals surface area contributed by atoms with Gasteiger partial charge in [-0.3, -0.25) is 0 Å². The number of carbonyl (C=O) groups is 1. The van der Waals surface area contributed by atoms with Crippen molar-refractivity contribution >= 4 is 16.1 Å². The zero-order valence-corrected chi connectivity index (χ0v) is 21.8. The third-order valence-electron chi connectivity index (χ3n) is 7.04. The van der Waals surface area contributed by atoms with E-state index in [0.717, 1.165) is 31.2 Å². The molecule has 1 aliphatic carbocycles. The lowest BCUT2D eigenvalue weighted by molar-refractivity contribution is 0.0809. The van der Waals surface area contributed by atoms with Gasteiger partial charge in [-0.25, -0.2) is 23.2 Å². The normalized spacial score (nSPS) is 23.1. The zero-order chi connectivity index (χ0) is 25.9. The van der Waals surface area contributed by atoms with Gasteiger partial charge in [0.15, 0.2) is 0 Å². The summed E-state index contributed by atoms with van der Waals surface area (Å²) in [5.74, 6) is -0.0555. The van der Waals surface area contributed by atoms with Gasteiger partial charge in [0, 0.05) is 49.6 Å². The molecule has 36 heavy (non-hydrogen) atoms. The van der Waals surface area contributed by atoms with Gasteiger partial charge in [0.05, 0.1) is 13.2 Å². The minimum Gasteiger partial charge on any atom is -0.487 e. The minimum atomic E-state index is -3.95. The van der Waals surface area contributed by atoms with Crippen molar-refractivity contribution in [2.24, 2.45) is 5.92 Å². The highest BCUT2D eigenvalue weighted by Crippen LogP contribution is 2.36. The highest BCUT2D eigenvalue weighted by molar-refractivity contribution is 7.89. The Kier molecular flexibility index (Phi) is 8.11. The molecule has 1 aliphatic heterocycles. The number of sulfonamides is 1. The van der Waals surface area contributed by atoms with Crippen molar-refractivity contribution < 1.29 is 23.1 Å². The molecule has 196 valence electrons. The molecule has 2 aliphatic rings. The Bertz CT molecular complexity index is 1160. The molecule has 3 atom stereocenters. The molecule has 1 aromatic heterocycles. The van der Waals surface area contributed by atoms with Crippen LogP contribution in [0.3, 0.4) is 0 Å². The number of likely N-dealkylation sites (N-methyl/N-ethyl adjacent to an activating group) is 1. The molecule has 2 amide bonds. The van der Waals surface area contributed by atoms with E-state index in [-0.39, 0.29) is 48.3 Å². The monoisotopic (exact) mass is 517 g/mol. The van der Waals surface area contributed by atoms with Gasteiger partial charge in [-0.2, -0.15) is 4.31 Å². The summed E-state index contributed by atoms with van der Waals surface area (Å²) in [5.41, 5.74) is 1.44. The first kappa shape index (κ1) is 26.3. The standard InChI is InChI=1S/C25H35N5O5S/c1-17-13-30(18(2)15-31)36(33,34)24-9-8-19(20-11-26-16-27-12-20)10-22(24)35-23(17)14-29(3)25(32)28-21-6-4-5-7-21/h8-12,16-18,21,23,31H,4-7,13-15H2,1-3H3,(H,28,32)/t17-,18+,23+/m0/s1. The molecule has 2 N–H and O–H groups in total. The maximum atomic E-state index is 13.6. The number of ether oxygens (including phenoxy) is 1. The van der Waals surface area contributed by atoms with E-state index in [9.17, 15) is 18.3 Å². The predicted molar refractivity (Wildman–Crippen MR) is 135 cm³/mol. The van der Waals surface area contributed by atoms with Crippen molar-refractivity contribution in [3.8, 4) is 16.9 Å². The first-order chi connectivity index (χ1) is 17.2. The number of nitrogens with zero attached hydrogens (tertiary/aromatic N) is 4. The Hall–Kier alpha value is -2.76. The van der Waals surface area contributed by atoms with E-state index in [1.807, 2.05) is 6.92 Å². The number of benzene rings is 1. The van der Waals surface area contributed by atoms with Crippen LogP contribution in [0.25, 0.3) is 11.1 Å². The van der Waals surface area contributed by atoms with Crippen LogP contribution in [0.1, 0.15) is 39.5 Å². The van der Waals surface area contributed by atoms with Crippen LogP contribution in [0.2, 0.25) is 0 Å². The zero-order valence-electron chi connectivity index (χ0n) is 21.0. The molecule has 11 heteroatoms. The fraction of sp³-hybridized carbons (Fsp3) is 0.560. The summed E-state index contributed by atoms with van der Waals surface area (Å²) < 4.78 is 35.0. The lowest BCUT2D eigenvalue weighted by Gasteiger charge is -2.37. The van der Waals surface area contributed by atoms with Gasteiger partial charge in [0.1, 0.15) is 23.1 Å². The number of urea groups is 1. The molecule has 2 aromatic rings. The largest absolute Gasteiger partial charge is 0.487 e. The van der Waals surface area contributed by atoms with Crippen LogP contribution in [-0.2, 0) is 10.0 Å². The number of nitrogens with one attached hydrogen (secondary N) is 1. The van der Waals surface area contributed by atoms with Crippen molar-refractivity contribution in [2.75, 3.05) is 26.7 Å². The highest BCUT2D eigenvalue weighted by atomic mass is 32.2. The molecule has 0 unspecified atom stereocenters. The molecule has 1 fully saturated rings. The van der Waals surface area contributed by atoms with Gasteiger partial charge < -0.3 is 20.1 Å². The smallest absolute Gasteiger partial charge is 0.317 e. The Labute approximate surface area is 212 Å². The molecule has 1 aromatic carbocycles. The van der Waals surface area contributed by atoms with E-state index >= 15 is 0 Å². The maximum absolute atomic E-state index is 13.6. The van der Waals surface area contributed by atoms with Crippen molar-refractivity contribution in [2.45, 2.75) is 62.6 Å². The van der Waals surface area contributed by atoms with Gasteiger partial charge >= 0.3 is 6.03 Å². The quantitative estimate of drug-likeness (QED) is 0.603. The van der Waals surface area contributed by atoms with Crippen LogP contribution < -0.4 is 10.1 Å². The summed E-state index contributed by atoms with van der Waals surface area (Å²) >= 11 is 0. The Morgan fingerprint density at radius 2 is 1.94 bits per heavy atom. The van der Waals surface area contributed by atoms with Gasteiger partial charge in [0.2, 0.25) is 10.0 Å². The summed E-state index contributed by atoms with van der Waals surface area (Å²) in [7, 11) is -2.22. The Morgan fingerprint density at radius 1 is 1.25 bits per heavy atom. The molecule has 4 rings (SSSR count). The number of rotatable bonds is 6. The van der Waals surface area contributed by atoms with Gasteiger partial charge in [-0.1, -0.05) is 25.8 Å². The van der Waals surface area contributed by atoms with E-state index in [2.05, 4.69) is 15.3 Å². The number of carbonyl (C=O) groups excluding carboxylic acids is 1. The number of hydrogen-bond acceptors (Lipinski definition) is 7. The van der Waals surface area contributed by atoms with Crippen molar-refractivity contribution in [3.05, 3.63) is 36.9 Å². The average Bonchev–Trinajstić information content (AvgIpc) is 3.39. The minimum absolute atomic E-state index is 0.0263. The molecule has 0 bridgehead atoms. The Balaban J connectivity index is 1.68. The number of hydrogen-bond donors (Lipinski definition) is 2. The SMILES string of the molecule is C[C@H](CO)N1C[C@H](C)[C@@H](CN(C)C(=O)NC2CCCC2)Oc2cc(-c3cncnc3)ccc2S1(=O)=O. The first-order valence-corrected chi connectivity index (χ1v) is 13.8. The molecule has 10 nitrogen and oxygen atoms in total. The maximum Gasteiger partial charge on any atom is 0.317 e. The Morgan fingerprint density at radius 3 is 2.61 bits per heavy atom. The van der Waals surface area contributed by atoms with Crippen LogP contribution in [0.4, 0.5) is 4.79 Å². The van der Waals surface area contributed by atoms with E-state index in [1.165, 1.54) is 16.7 Å². The van der Waals surface area contributed by atoms with Crippen LogP contribution in [0.5, 0.6) is 5.75 Å². The summed E-state index contributed by atoms with van der Waals surface area (Å²) in [6, 6.07) is 4.31. The average molecular weight is 518 g/mol. The summed E-state index contributed by atoms with van der Waals surface area (Å²) in [5, 5.41) is 12.9. The van der Waals surface area contributed by atoms with Crippen LogP contribution in [0, 0.1) is 5.92 Å². The third kappa shape index (κ3) is 5.63. The lowest BCUT2D eigenvalue weighted by Crippen LogP contribution is -2.51. The second-order valence-electron chi connectivity index (χ2n) is 9.84. The van der Waals surface area contributed by atoms with Crippen molar-refractivity contribution in [3.63, 3.8) is 0 Å². The molecular formula is C25H35N5O5S. The first-order valence-electron chi connectivity index (χ1n) is 12.4. The summed E-state index contributed by atoms with van der Waals surface area (Å²) in [4.78, 5) is 22.6. The number of aliphatic hydroxyl groups is 1. The molecule has 1 saturated carbocycles. The van der Waals surface area contributed by atoms with Crippen LogP contribution >= 0.6 is 0 Å². The molecule has 0 spiro atoms. The van der Waals surface area contributed by atoms with E-state index in [4.69, 9.17) is 4.74 Å². The topological polar surface area (TPSA) is 125 Å². The lowest BCUT2D eigenvalue weighted by atomic mass is 10.0. The second kappa shape index (κ2) is 11.1. The summed E-state index contributed by atoms with van der Waals surface area (Å²) in [6.07, 6.45) is 8.46. The highest BCUT2D eigenvalue weighted by Gasteiger charge is 2.38. The van der Waals surface area contributed by atoms with E-state index in [1.54, 1.807) is 43.4 Å². The fourth-order valence-corrected chi connectivity index (χ4v) is 6.60. The van der Waals surface area contributed by atoms with Gasteiger partial charge in [-0.05, 0) is 37.5 Å². The number of fused-ring (bicyclic) bond motifs is 1. The van der Waals surface area contributed by atoms with Gasteiger partial charge in [0.25, 0.3) is 0 Å². The molecule has 0 radical (unpaired) electrons. The third-order valence-corrected chi connectivity index (χ3v) is 9.06. The van der Waals surface area contributed by atoms with E-state index in [0.29, 0.717) is 5.56 Å². The van der Waals surface area contributed by atoms with Crippen LogP contribution in [0.15, 0.2) is 41.8 Å². The fourth-order valence-electron chi connectivity index (χ4n) is 4.78. The number of aliphatic hydroxyl groups excluding tert-OH is 1. The number of amides is 2. The van der Waals surface area contributed by atoms with Gasteiger partial charge in [-0.15, -0.1) is 0 Å². The van der Waals surface area contributed by atoms with Crippen LogP contribution in [-0.4, -0.2) is 83.7 Å². The predicted octanol–water partition coefficient (Wildman–Crippen LogP) is 2.50. The molecule has 2 heterocycles. The van der Waals surface area contributed by atoms with E-state index < -0.39 is 22.2 Å².